The molecule has 0 saturated carbocycles. The van der Waals surface area contributed by atoms with Crippen LogP contribution in [0.2, 0.25) is 0 Å². The van der Waals surface area contributed by atoms with Crippen LogP contribution in [0.5, 0.6) is 5.75 Å². The van der Waals surface area contributed by atoms with Gasteiger partial charge in [0, 0.05) is 0 Å². The van der Waals surface area contributed by atoms with Crippen molar-refractivity contribution in [2.45, 2.75) is 24.6 Å². The van der Waals surface area contributed by atoms with Crippen molar-refractivity contribution < 1.29 is 33.2 Å². The van der Waals surface area contributed by atoms with E-state index in [4.69, 9.17) is 15.2 Å². The summed E-state index contributed by atoms with van der Waals surface area (Å²) >= 11 is 0. The molecule has 1 aromatic carbocycles. The summed E-state index contributed by atoms with van der Waals surface area (Å²) in [5.41, 5.74) is 6.14. The lowest BCUT2D eigenvalue weighted by Gasteiger charge is -2.21. The van der Waals surface area contributed by atoms with Gasteiger partial charge >= 0.3 is 10.2 Å². The molecule has 0 radical (unpaired) electrons. The number of anilines is 1. The average Bonchev–Trinajstić information content (AvgIpc) is 2.70. The van der Waals surface area contributed by atoms with Gasteiger partial charge in [-0.05, 0) is 12.1 Å². The Morgan fingerprint density at radius 1 is 1.30 bits per heavy atom. The SMILES string of the molecule is NC1=NS(=O)(=O)Nc2cccc(OCC3OC(O)C(O)C3O)c21. The first-order valence-corrected chi connectivity index (χ1v) is 8.06. The second-order valence-electron chi connectivity index (χ2n) is 5.09. The lowest BCUT2D eigenvalue weighted by Crippen LogP contribution is -2.35. The number of rotatable bonds is 3. The molecule has 126 valence electrons. The number of ether oxygens (including phenoxy) is 2. The normalized spacial score (nSPS) is 31.9. The van der Waals surface area contributed by atoms with Crippen molar-refractivity contribution in [2.75, 3.05) is 11.3 Å². The van der Waals surface area contributed by atoms with Crippen LogP contribution in [-0.2, 0) is 14.9 Å². The molecule has 1 saturated heterocycles. The third-order valence-corrected chi connectivity index (χ3v) is 4.40. The number of amidine groups is 1. The zero-order valence-electron chi connectivity index (χ0n) is 11.7. The molecule has 2 aliphatic rings. The van der Waals surface area contributed by atoms with E-state index in [2.05, 4.69) is 9.12 Å². The molecule has 0 spiro atoms. The standard InChI is InChI=1S/C12H15N3O7S/c13-11-8-5(14-23(19,20)15-11)2-1-3-6(8)21-4-7-9(16)10(17)12(18)22-7/h1-3,7,9-10,12,14,16-18H,4H2,(H2,13,15). The number of benzene rings is 1. The summed E-state index contributed by atoms with van der Waals surface area (Å²) in [6.45, 7) is -0.189. The van der Waals surface area contributed by atoms with Gasteiger partial charge in [-0.1, -0.05) is 6.07 Å². The van der Waals surface area contributed by atoms with E-state index >= 15 is 0 Å². The van der Waals surface area contributed by atoms with E-state index in [-0.39, 0.29) is 29.4 Å². The largest absolute Gasteiger partial charge is 0.490 e. The maximum atomic E-state index is 11.5. The minimum atomic E-state index is -3.89. The summed E-state index contributed by atoms with van der Waals surface area (Å²) in [5.74, 6) is -0.0138. The molecule has 11 heteroatoms. The highest BCUT2D eigenvalue weighted by molar-refractivity contribution is 7.91. The van der Waals surface area contributed by atoms with Crippen LogP contribution in [0.25, 0.3) is 0 Å². The van der Waals surface area contributed by atoms with Gasteiger partial charge in [0.25, 0.3) is 0 Å². The zero-order chi connectivity index (χ0) is 16.8. The first-order valence-electron chi connectivity index (χ1n) is 6.62. The van der Waals surface area contributed by atoms with Gasteiger partial charge in [-0.15, -0.1) is 4.40 Å². The van der Waals surface area contributed by atoms with Crippen LogP contribution in [0, 0.1) is 0 Å². The Bertz CT molecular complexity index is 751. The van der Waals surface area contributed by atoms with Crippen LogP contribution in [0.15, 0.2) is 22.6 Å². The fourth-order valence-corrected chi connectivity index (χ4v) is 3.22. The summed E-state index contributed by atoms with van der Waals surface area (Å²) in [6, 6.07) is 4.58. The topological polar surface area (TPSA) is 164 Å². The second kappa shape index (κ2) is 5.62. The van der Waals surface area contributed by atoms with Crippen LogP contribution >= 0.6 is 0 Å². The number of aliphatic hydroxyl groups excluding tert-OH is 3. The van der Waals surface area contributed by atoms with E-state index in [1.807, 2.05) is 0 Å². The first-order chi connectivity index (χ1) is 10.8. The van der Waals surface area contributed by atoms with E-state index in [0.717, 1.165) is 0 Å². The van der Waals surface area contributed by atoms with Gasteiger partial charge in [-0.3, -0.25) is 4.72 Å². The maximum Gasteiger partial charge on any atom is 0.344 e. The molecule has 2 aliphatic heterocycles. The average molecular weight is 345 g/mol. The third kappa shape index (κ3) is 2.96. The highest BCUT2D eigenvalue weighted by Crippen LogP contribution is 2.31. The van der Waals surface area contributed by atoms with Gasteiger partial charge in [-0.2, -0.15) is 8.42 Å². The molecule has 10 nitrogen and oxygen atoms in total. The minimum Gasteiger partial charge on any atom is -0.490 e. The van der Waals surface area contributed by atoms with Crippen LogP contribution < -0.4 is 15.2 Å². The maximum absolute atomic E-state index is 11.5. The third-order valence-electron chi connectivity index (χ3n) is 3.48. The molecule has 0 bridgehead atoms. The molecule has 1 fully saturated rings. The molecule has 3 rings (SSSR count). The van der Waals surface area contributed by atoms with Crippen LogP contribution in [0.3, 0.4) is 0 Å². The quantitative estimate of drug-likeness (QED) is 0.415. The van der Waals surface area contributed by atoms with Gasteiger partial charge in [0.05, 0.1) is 11.3 Å². The van der Waals surface area contributed by atoms with Crippen molar-refractivity contribution in [3.05, 3.63) is 23.8 Å². The Morgan fingerprint density at radius 3 is 2.70 bits per heavy atom. The van der Waals surface area contributed by atoms with Gasteiger partial charge in [-0.25, -0.2) is 0 Å². The Kier molecular flexibility index (Phi) is 3.90. The van der Waals surface area contributed by atoms with Gasteiger partial charge in [0.2, 0.25) is 0 Å². The van der Waals surface area contributed by atoms with Crippen molar-refractivity contribution in [3.8, 4) is 5.75 Å². The number of nitrogens with one attached hydrogen (secondary N) is 1. The van der Waals surface area contributed by atoms with Crippen molar-refractivity contribution >= 4 is 21.7 Å². The van der Waals surface area contributed by atoms with Crippen molar-refractivity contribution in [1.82, 2.24) is 0 Å². The molecule has 0 amide bonds. The first kappa shape index (κ1) is 16.0. The smallest absolute Gasteiger partial charge is 0.344 e. The number of aliphatic hydroxyl groups is 3. The van der Waals surface area contributed by atoms with Gasteiger partial charge in [0.1, 0.15) is 30.7 Å². The number of nitrogens with zero attached hydrogens (tertiary/aromatic N) is 1. The zero-order valence-corrected chi connectivity index (χ0v) is 12.5. The molecule has 0 aromatic heterocycles. The predicted octanol–water partition coefficient (Wildman–Crippen LogP) is -2.12. The summed E-state index contributed by atoms with van der Waals surface area (Å²) in [6.07, 6.45) is -5.18. The number of hydrogen-bond acceptors (Lipinski definition) is 8. The van der Waals surface area contributed by atoms with E-state index in [0.29, 0.717) is 0 Å². The number of hydrogen-bond donors (Lipinski definition) is 5. The molecular formula is C12H15N3O7S. The van der Waals surface area contributed by atoms with E-state index < -0.39 is 34.8 Å². The highest BCUT2D eigenvalue weighted by atomic mass is 32.2. The molecule has 6 N–H and O–H groups in total. The Hall–Kier alpha value is -1.92. The Labute approximate surface area is 131 Å². The fourth-order valence-electron chi connectivity index (χ4n) is 2.38. The van der Waals surface area contributed by atoms with Crippen molar-refractivity contribution in [1.29, 1.82) is 0 Å². The monoisotopic (exact) mass is 345 g/mol. The molecular weight excluding hydrogens is 330 g/mol. The molecule has 1 aromatic rings. The van der Waals surface area contributed by atoms with Crippen LogP contribution in [0.1, 0.15) is 5.56 Å². The molecule has 0 aliphatic carbocycles. The molecule has 4 atom stereocenters. The van der Waals surface area contributed by atoms with Crippen molar-refractivity contribution in [3.63, 3.8) is 0 Å². The van der Waals surface area contributed by atoms with Crippen LogP contribution in [-0.4, -0.2) is 60.8 Å². The van der Waals surface area contributed by atoms with E-state index in [1.165, 1.54) is 12.1 Å². The summed E-state index contributed by atoms with van der Waals surface area (Å²) in [7, 11) is -3.89. The van der Waals surface area contributed by atoms with Gasteiger partial charge < -0.3 is 30.5 Å². The van der Waals surface area contributed by atoms with E-state index in [1.54, 1.807) is 6.07 Å². The number of nitrogens with two attached hydrogens (primary N) is 1. The van der Waals surface area contributed by atoms with Crippen LogP contribution in [0.4, 0.5) is 5.69 Å². The lowest BCUT2D eigenvalue weighted by molar-refractivity contribution is -0.131. The predicted molar refractivity (Wildman–Crippen MR) is 78.1 cm³/mol. The Balaban J connectivity index is 1.81. The summed E-state index contributed by atoms with van der Waals surface area (Å²) < 4.78 is 39.0. The van der Waals surface area contributed by atoms with E-state index in [9.17, 15) is 23.7 Å². The van der Waals surface area contributed by atoms with Gasteiger partial charge in [0.15, 0.2) is 12.1 Å². The minimum absolute atomic E-state index is 0.189. The summed E-state index contributed by atoms with van der Waals surface area (Å²) in [4.78, 5) is 0. The Morgan fingerprint density at radius 2 is 2.04 bits per heavy atom. The molecule has 23 heavy (non-hydrogen) atoms. The second-order valence-corrected chi connectivity index (χ2v) is 6.43. The lowest BCUT2D eigenvalue weighted by atomic mass is 10.1. The molecule has 4 unspecified atom stereocenters. The summed E-state index contributed by atoms with van der Waals surface area (Å²) in [5, 5.41) is 28.5. The van der Waals surface area contributed by atoms with Crippen molar-refractivity contribution in [2.24, 2.45) is 10.1 Å². The highest BCUT2D eigenvalue weighted by Gasteiger charge is 2.42. The number of fused-ring (bicyclic) bond motifs is 1. The molecule has 2 heterocycles. The fraction of sp³-hybridized carbons (Fsp3) is 0.417.